The molecule has 0 atom stereocenters. The van der Waals surface area contributed by atoms with Gasteiger partial charge in [-0.2, -0.15) is 0 Å². The van der Waals surface area contributed by atoms with Gasteiger partial charge in [0.05, 0.1) is 17.6 Å². The Morgan fingerprint density at radius 2 is 1.73 bits per heavy atom. The Morgan fingerprint density at radius 3 is 2.05 bits per heavy atom. The summed E-state index contributed by atoms with van der Waals surface area (Å²) in [6.45, 7) is 3.47. The maximum absolute atomic E-state index is 11.4. The zero-order valence-corrected chi connectivity index (χ0v) is 12.5. The lowest BCUT2D eigenvalue weighted by Gasteiger charge is -2.17. The van der Waals surface area contributed by atoms with Gasteiger partial charge in [0.1, 0.15) is 5.75 Å². The average molecular weight is 311 g/mol. The summed E-state index contributed by atoms with van der Waals surface area (Å²) in [4.78, 5) is 33.1. The van der Waals surface area contributed by atoms with Crippen molar-refractivity contribution in [1.82, 2.24) is 0 Å². The summed E-state index contributed by atoms with van der Waals surface area (Å²) in [6.07, 6.45) is 0.702. The van der Waals surface area contributed by atoms with Gasteiger partial charge in [0.2, 0.25) is 0 Å². The van der Waals surface area contributed by atoms with Crippen molar-refractivity contribution in [1.29, 1.82) is 0 Å². The molecule has 0 heterocycles. The summed E-state index contributed by atoms with van der Waals surface area (Å²) in [5, 5.41) is 29.6. The molecule has 120 valence electrons. The van der Waals surface area contributed by atoms with Gasteiger partial charge in [-0.25, -0.2) is 0 Å². The fourth-order valence-corrected chi connectivity index (χ4v) is 2.52. The van der Waals surface area contributed by atoms with Crippen LogP contribution in [0.4, 0.5) is 5.69 Å². The Hall–Kier alpha value is -2.64. The summed E-state index contributed by atoms with van der Waals surface area (Å²) in [6, 6.07) is 1.14. The van der Waals surface area contributed by atoms with Crippen molar-refractivity contribution >= 4 is 17.6 Å². The molecule has 8 nitrogen and oxygen atoms in total. The molecule has 0 radical (unpaired) electrons. The molecule has 1 rings (SSSR count). The van der Waals surface area contributed by atoms with Gasteiger partial charge in [0, 0.05) is 11.1 Å². The van der Waals surface area contributed by atoms with E-state index in [0.717, 1.165) is 6.07 Å². The van der Waals surface area contributed by atoms with E-state index in [1.165, 1.54) is 7.11 Å². The first-order valence-electron chi connectivity index (χ1n) is 6.62. The number of nitrogens with zero attached hydrogens (tertiary/aromatic N) is 1. The molecule has 0 aliphatic carbocycles. The molecule has 1 aromatic carbocycles. The smallest absolute Gasteiger partial charge is 0.322 e. The quantitative estimate of drug-likeness (QED) is 0.447. The maximum Gasteiger partial charge on any atom is 0.322 e. The molecule has 0 aromatic heterocycles. The number of nitro benzene ring substituents is 1. The van der Waals surface area contributed by atoms with Crippen LogP contribution in [-0.2, 0) is 22.4 Å². The molecule has 2 N–H and O–H groups in total. The van der Waals surface area contributed by atoms with Gasteiger partial charge >= 0.3 is 11.9 Å². The number of aliphatic carboxylic acids is 2. The molecule has 0 fully saturated rings. The molecule has 1 aromatic rings. The third-order valence-corrected chi connectivity index (χ3v) is 3.42. The summed E-state index contributed by atoms with van der Waals surface area (Å²) < 4.78 is 5.16. The second-order valence-corrected chi connectivity index (χ2v) is 4.55. The largest absolute Gasteiger partial charge is 0.496 e. The number of rotatable bonds is 7. The van der Waals surface area contributed by atoms with E-state index < -0.39 is 28.5 Å². The Morgan fingerprint density at radius 1 is 1.23 bits per heavy atom. The number of methoxy groups -OCH3 is 1. The van der Waals surface area contributed by atoms with Crippen LogP contribution in [0.3, 0.4) is 0 Å². The highest BCUT2D eigenvalue weighted by atomic mass is 16.6. The van der Waals surface area contributed by atoms with E-state index in [1.807, 2.05) is 0 Å². The van der Waals surface area contributed by atoms with Gasteiger partial charge < -0.3 is 14.9 Å². The van der Waals surface area contributed by atoms with Gasteiger partial charge in [0.15, 0.2) is 5.92 Å². The monoisotopic (exact) mass is 311 g/mol. The second-order valence-electron chi connectivity index (χ2n) is 4.55. The van der Waals surface area contributed by atoms with Crippen LogP contribution in [0.25, 0.3) is 0 Å². The summed E-state index contributed by atoms with van der Waals surface area (Å²) in [7, 11) is 1.35. The maximum atomic E-state index is 11.4. The lowest BCUT2D eigenvalue weighted by atomic mass is 9.89. The summed E-state index contributed by atoms with van der Waals surface area (Å²) in [5.41, 5.74) is 0.0372. The molecular formula is C14H17NO7. The minimum atomic E-state index is -2.02. The predicted molar refractivity (Wildman–Crippen MR) is 76.4 cm³/mol. The summed E-state index contributed by atoms with van der Waals surface area (Å²) in [5.74, 6) is -5.09. The van der Waals surface area contributed by atoms with Gasteiger partial charge in [-0.15, -0.1) is 0 Å². The van der Waals surface area contributed by atoms with Crippen molar-refractivity contribution in [2.45, 2.75) is 32.6 Å². The third kappa shape index (κ3) is 3.00. The standard InChI is InChI=1S/C14H17NO7/c1-4-7-8(5-2)12(15(20)21)9(6-10(7)22-3)11(13(16)17)14(18)19/h6,11H,4-5H2,1-3H3,(H,16,17)(H,18,19). The van der Waals surface area contributed by atoms with Crippen molar-refractivity contribution in [2.75, 3.05) is 7.11 Å². The number of benzene rings is 1. The van der Waals surface area contributed by atoms with Crippen LogP contribution in [0.15, 0.2) is 6.07 Å². The summed E-state index contributed by atoms with van der Waals surface area (Å²) >= 11 is 0. The van der Waals surface area contributed by atoms with Crippen molar-refractivity contribution in [3.05, 3.63) is 32.9 Å². The van der Waals surface area contributed by atoms with E-state index in [1.54, 1.807) is 13.8 Å². The molecule has 8 heteroatoms. The van der Waals surface area contributed by atoms with Gasteiger partial charge in [0.25, 0.3) is 5.69 Å². The first kappa shape index (κ1) is 17.4. The second kappa shape index (κ2) is 6.88. The SMILES string of the molecule is CCc1c(OC)cc(C(C(=O)O)C(=O)O)c([N+](=O)[O-])c1CC. The van der Waals surface area contributed by atoms with Crippen LogP contribution in [0, 0.1) is 10.1 Å². The Labute approximate surface area is 126 Å². The number of hydrogen-bond donors (Lipinski definition) is 2. The van der Waals surface area contributed by atoms with Crippen LogP contribution in [-0.4, -0.2) is 34.2 Å². The molecule has 0 bridgehead atoms. The number of carboxylic acid groups (broad SMARTS) is 2. The third-order valence-electron chi connectivity index (χ3n) is 3.42. The average Bonchev–Trinajstić information content (AvgIpc) is 2.44. The zero-order chi connectivity index (χ0) is 17.0. The molecule has 0 unspecified atom stereocenters. The molecule has 0 amide bonds. The van der Waals surface area contributed by atoms with Crippen molar-refractivity contribution in [3.8, 4) is 5.75 Å². The Bertz CT molecular complexity index is 610. The van der Waals surface area contributed by atoms with Crippen LogP contribution >= 0.6 is 0 Å². The molecule has 0 aliphatic rings. The topological polar surface area (TPSA) is 127 Å². The molecular weight excluding hydrogens is 294 g/mol. The highest BCUT2D eigenvalue weighted by Gasteiger charge is 2.37. The van der Waals surface area contributed by atoms with Crippen molar-refractivity contribution in [3.63, 3.8) is 0 Å². The number of hydrogen-bond acceptors (Lipinski definition) is 5. The van der Waals surface area contributed by atoms with Crippen molar-refractivity contribution in [2.24, 2.45) is 0 Å². The molecule has 0 aliphatic heterocycles. The number of carboxylic acids is 2. The van der Waals surface area contributed by atoms with E-state index in [4.69, 9.17) is 14.9 Å². The van der Waals surface area contributed by atoms with Crippen molar-refractivity contribution < 1.29 is 29.5 Å². The Kier molecular flexibility index (Phi) is 5.44. The first-order chi connectivity index (χ1) is 10.3. The molecule has 0 saturated carbocycles. The number of nitro groups is 1. The van der Waals surface area contributed by atoms with E-state index in [0.29, 0.717) is 17.5 Å². The number of carbonyl (C=O) groups is 2. The van der Waals surface area contributed by atoms with Gasteiger partial charge in [-0.05, 0) is 18.9 Å². The van der Waals surface area contributed by atoms with E-state index in [2.05, 4.69) is 0 Å². The normalized spacial score (nSPS) is 10.5. The van der Waals surface area contributed by atoms with Crippen LogP contribution in [0.2, 0.25) is 0 Å². The van der Waals surface area contributed by atoms with E-state index in [9.17, 15) is 19.7 Å². The van der Waals surface area contributed by atoms with Crippen LogP contribution < -0.4 is 4.74 Å². The minimum Gasteiger partial charge on any atom is -0.496 e. The fraction of sp³-hybridized carbons (Fsp3) is 0.429. The van der Waals surface area contributed by atoms with Crippen LogP contribution in [0.1, 0.15) is 36.5 Å². The van der Waals surface area contributed by atoms with Gasteiger partial charge in [-0.3, -0.25) is 19.7 Å². The van der Waals surface area contributed by atoms with Gasteiger partial charge in [-0.1, -0.05) is 13.8 Å². The lowest BCUT2D eigenvalue weighted by Crippen LogP contribution is -2.23. The number of ether oxygens (including phenoxy) is 1. The highest BCUT2D eigenvalue weighted by molar-refractivity contribution is 6.00. The highest BCUT2D eigenvalue weighted by Crippen LogP contribution is 2.39. The predicted octanol–water partition coefficient (Wildman–Crippen LogP) is 1.98. The van der Waals surface area contributed by atoms with Crippen LogP contribution in [0.5, 0.6) is 5.75 Å². The molecule has 22 heavy (non-hydrogen) atoms. The lowest BCUT2D eigenvalue weighted by molar-refractivity contribution is -0.386. The molecule has 0 saturated heterocycles. The zero-order valence-electron chi connectivity index (χ0n) is 12.5. The minimum absolute atomic E-state index is 0.257. The molecule has 0 spiro atoms. The fourth-order valence-electron chi connectivity index (χ4n) is 2.52. The van der Waals surface area contributed by atoms with E-state index >= 15 is 0 Å². The Balaban J connectivity index is 3.86. The van der Waals surface area contributed by atoms with E-state index in [-0.39, 0.29) is 17.7 Å². The first-order valence-corrected chi connectivity index (χ1v) is 6.62.